The fraction of sp³-hybridized carbons (Fsp3) is 0.368. The minimum absolute atomic E-state index is 0.221. The highest BCUT2D eigenvalue weighted by Gasteiger charge is 2.51. The van der Waals surface area contributed by atoms with Crippen molar-refractivity contribution >= 4 is 0 Å². The topological polar surface area (TPSA) is 40.5 Å². The van der Waals surface area contributed by atoms with Gasteiger partial charge in [-0.2, -0.15) is 0 Å². The molecular weight excluding hydrogens is 260 g/mol. The smallest absolute Gasteiger partial charge is 0.0811 e. The van der Waals surface area contributed by atoms with E-state index in [0.717, 1.165) is 0 Å². The van der Waals surface area contributed by atoms with E-state index in [2.05, 4.69) is 50.2 Å². The zero-order valence-electron chi connectivity index (χ0n) is 12.4. The molecule has 0 saturated heterocycles. The van der Waals surface area contributed by atoms with Crippen molar-refractivity contribution in [1.29, 1.82) is 0 Å². The standard InChI is InChI=1S/C19H20O2/c1-11-3-5-13-14-6-4-12(2)8-16(14)19(15(13)7-11)9-17(20)18(21)10-19/h3-8,17-18,20-21H,9-10H2,1-2H3/t17-,18+. The molecule has 0 bridgehead atoms. The molecular formula is C19H20O2. The van der Waals surface area contributed by atoms with Crippen LogP contribution < -0.4 is 0 Å². The van der Waals surface area contributed by atoms with Gasteiger partial charge in [-0.3, -0.25) is 0 Å². The van der Waals surface area contributed by atoms with Gasteiger partial charge in [0.2, 0.25) is 0 Å². The van der Waals surface area contributed by atoms with Crippen LogP contribution in [0.4, 0.5) is 0 Å². The van der Waals surface area contributed by atoms with E-state index in [1.165, 1.54) is 33.4 Å². The van der Waals surface area contributed by atoms with E-state index >= 15 is 0 Å². The number of aryl methyl sites for hydroxylation is 2. The van der Waals surface area contributed by atoms with E-state index in [1.54, 1.807) is 0 Å². The Hall–Kier alpha value is -1.64. The molecule has 108 valence electrons. The molecule has 2 heteroatoms. The molecule has 0 radical (unpaired) electrons. The Morgan fingerprint density at radius 2 is 1.24 bits per heavy atom. The Kier molecular flexibility index (Phi) is 2.60. The average Bonchev–Trinajstić information content (AvgIpc) is 2.87. The summed E-state index contributed by atoms with van der Waals surface area (Å²) in [5, 5.41) is 20.3. The largest absolute Gasteiger partial charge is 0.390 e. The molecule has 2 atom stereocenters. The highest BCUT2D eigenvalue weighted by molar-refractivity contribution is 5.82. The van der Waals surface area contributed by atoms with Crippen molar-refractivity contribution in [2.45, 2.75) is 44.3 Å². The van der Waals surface area contributed by atoms with Crippen LogP contribution in [0, 0.1) is 13.8 Å². The van der Waals surface area contributed by atoms with Gasteiger partial charge in [0.15, 0.2) is 0 Å². The van der Waals surface area contributed by atoms with E-state index in [0.29, 0.717) is 12.8 Å². The van der Waals surface area contributed by atoms with Gasteiger partial charge in [-0.05, 0) is 48.9 Å². The van der Waals surface area contributed by atoms with Crippen molar-refractivity contribution < 1.29 is 10.2 Å². The van der Waals surface area contributed by atoms with Crippen molar-refractivity contribution in [1.82, 2.24) is 0 Å². The van der Waals surface area contributed by atoms with Crippen LogP contribution >= 0.6 is 0 Å². The third-order valence-corrected chi connectivity index (χ3v) is 5.23. The summed E-state index contributed by atoms with van der Waals surface area (Å²) in [6.45, 7) is 4.20. The Bertz CT molecular complexity index is 669. The second-order valence-corrected chi connectivity index (χ2v) is 6.72. The van der Waals surface area contributed by atoms with Crippen LogP contribution in [-0.4, -0.2) is 22.4 Å². The van der Waals surface area contributed by atoms with E-state index in [-0.39, 0.29) is 5.41 Å². The summed E-state index contributed by atoms with van der Waals surface area (Å²) in [4.78, 5) is 0. The number of aliphatic hydroxyl groups excluding tert-OH is 2. The Labute approximate surface area is 125 Å². The maximum absolute atomic E-state index is 10.2. The molecule has 1 spiro atoms. The molecule has 1 saturated carbocycles. The van der Waals surface area contributed by atoms with E-state index in [1.807, 2.05) is 0 Å². The van der Waals surface area contributed by atoms with Crippen molar-refractivity contribution in [3.8, 4) is 11.1 Å². The molecule has 2 N–H and O–H groups in total. The average molecular weight is 280 g/mol. The number of fused-ring (bicyclic) bond motifs is 5. The number of benzene rings is 2. The molecule has 0 aliphatic heterocycles. The van der Waals surface area contributed by atoms with Crippen molar-refractivity contribution in [2.75, 3.05) is 0 Å². The van der Waals surface area contributed by atoms with Crippen LogP contribution in [0.3, 0.4) is 0 Å². The predicted molar refractivity (Wildman–Crippen MR) is 83.4 cm³/mol. The molecule has 21 heavy (non-hydrogen) atoms. The maximum atomic E-state index is 10.2. The molecule has 0 unspecified atom stereocenters. The van der Waals surface area contributed by atoms with Gasteiger partial charge < -0.3 is 10.2 Å². The van der Waals surface area contributed by atoms with Gasteiger partial charge in [-0.1, -0.05) is 47.5 Å². The van der Waals surface area contributed by atoms with Gasteiger partial charge in [0.05, 0.1) is 12.2 Å². The first-order chi connectivity index (χ1) is 10.0. The first-order valence-electron chi connectivity index (χ1n) is 7.60. The Morgan fingerprint density at radius 3 is 1.67 bits per heavy atom. The number of aliphatic hydroxyl groups is 2. The van der Waals surface area contributed by atoms with Crippen LogP contribution in [0.25, 0.3) is 11.1 Å². The van der Waals surface area contributed by atoms with Crippen LogP contribution in [-0.2, 0) is 5.41 Å². The van der Waals surface area contributed by atoms with Gasteiger partial charge in [0.25, 0.3) is 0 Å². The molecule has 0 aromatic heterocycles. The van der Waals surface area contributed by atoms with Gasteiger partial charge in [-0.25, -0.2) is 0 Å². The monoisotopic (exact) mass is 280 g/mol. The maximum Gasteiger partial charge on any atom is 0.0811 e. The highest BCUT2D eigenvalue weighted by Crippen LogP contribution is 2.57. The molecule has 2 aromatic carbocycles. The Morgan fingerprint density at radius 1 is 0.810 bits per heavy atom. The fourth-order valence-corrected chi connectivity index (χ4v) is 4.23. The minimum atomic E-state index is -0.634. The lowest BCUT2D eigenvalue weighted by atomic mass is 9.76. The molecule has 1 fully saturated rings. The molecule has 2 aliphatic carbocycles. The molecule has 4 rings (SSSR count). The Balaban J connectivity index is 2.03. The molecule has 2 nitrogen and oxygen atoms in total. The lowest BCUT2D eigenvalue weighted by Gasteiger charge is -2.27. The molecule has 0 amide bonds. The van der Waals surface area contributed by atoms with Crippen molar-refractivity contribution in [2.24, 2.45) is 0 Å². The third-order valence-electron chi connectivity index (χ3n) is 5.23. The lowest BCUT2D eigenvalue weighted by Crippen LogP contribution is -2.22. The molecule has 2 aromatic rings. The summed E-state index contributed by atoms with van der Waals surface area (Å²) in [7, 11) is 0. The summed E-state index contributed by atoms with van der Waals surface area (Å²) in [5.74, 6) is 0. The number of rotatable bonds is 0. The van der Waals surface area contributed by atoms with Gasteiger partial charge in [0, 0.05) is 5.41 Å². The summed E-state index contributed by atoms with van der Waals surface area (Å²) in [6, 6.07) is 13.1. The van der Waals surface area contributed by atoms with Gasteiger partial charge in [0.1, 0.15) is 0 Å². The summed E-state index contributed by atoms with van der Waals surface area (Å²) >= 11 is 0. The number of hydrogen-bond acceptors (Lipinski definition) is 2. The summed E-state index contributed by atoms with van der Waals surface area (Å²) < 4.78 is 0. The quantitative estimate of drug-likeness (QED) is 0.778. The van der Waals surface area contributed by atoms with E-state index in [9.17, 15) is 10.2 Å². The molecule has 2 aliphatic rings. The highest BCUT2D eigenvalue weighted by atomic mass is 16.3. The zero-order chi connectivity index (χ0) is 14.8. The van der Waals surface area contributed by atoms with E-state index < -0.39 is 12.2 Å². The van der Waals surface area contributed by atoms with Gasteiger partial charge >= 0.3 is 0 Å². The first kappa shape index (κ1) is 13.1. The van der Waals surface area contributed by atoms with Gasteiger partial charge in [-0.15, -0.1) is 0 Å². The minimum Gasteiger partial charge on any atom is -0.390 e. The van der Waals surface area contributed by atoms with Crippen LogP contribution in [0.5, 0.6) is 0 Å². The zero-order valence-corrected chi connectivity index (χ0v) is 12.4. The lowest BCUT2D eigenvalue weighted by molar-refractivity contribution is 0.0438. The van der Waals surface area contributed by atoms with Crippen molar-refractivity contribution in [3.05, 3.63) is 58.7 Å². The second kappa shape index (κ2) is 4.19. The fourth-order valence-electron chi connectivity index (χ4n) is 4.23. The van der Waals surface area contributed by atoms with Crippen LogP contribution in [0.2, 0.25) is 0 Å². The SMILES string of the molecule is Cc1ccc2c(c1)C1(C[C@@H](O)[C@@H](O)C1)c1cc(C)ccc1-2. The summed E-state index contributed by atoms with van der Waals surface area (Å²) in [5.41, 5.74) is 7.31. The predicted octanol–water partition coefficient (Wildman–Crippen LogP) is 3.09. The number of hydrogen-bond donors (Lipinski definition) is 2. The second-order valence-electron chi connectivity index (χ2n) is 6.72. The summed E-state index contributed by atoms with van der Waals surface area (Å²) in [6.07, 6.45) is -0.0445. The first-order valence-corrected chi connectivity index (χ1v) is 7.60. The van der Waals surface area contributed by atoms with Crippen LogP contribution in [0.1, 0.15) is 35.1 Å². The van der Waals surface area contributed by atoms with Crippen LogP contribution in [0.15, 0.2) is 36.4 Å². The normalized spacial score (nSPS) is 25.1. The third kappa shape index (κ3) is 1.66. The molecule has 0 heterocycles. The van der Waals surface area contributed by atoms with E-state index in [4.69, 9.17) is 0 Å². The van der Waals surface area contributed by atoms with Crippen molar-refractivity contribution in [3.63, 3.8) is 0 Å².